The van der Waals surface area contributed by atoms with Gasteiger partial charge in [-0.1, -0.05) is 13.8 Å². The molecule has 18 heavy (non-hydrogen) atoms. The van der Waals surface area contributed by atoms with Crippen LogP contribution in [0.5, 0.6) is 0 Å². The van der Waals surface area contributed by atoms with Crippen molar-refractivity contribution in [1.82, 2.24) is 15.1 Å². The Morgan fingerprint density at radius 2 is 1.83 bits per heavy atom. The molecule has 0 radical (unpaired) electrons. The fourth-order valence-corrected chi connectivity index (χ4v) is 2.66. The van der Waals surface area contributed by atoms with Crippen molar-refractivity contribution < 1.29 is 5.11 Å². The summed E-state index contributed by atoms with van der Waals surface area (Å²) in [5, 5.41) is 12.5. The smallest absolute Gasteiger partial charge is 0.0446 e. The van der Waals surface area contributed by atoms with E-state index in [4.69, 9.17) is 5.11 Å². The molecule has 1 fully saturated rings. The van der Waals surface area contributed by atoms with E-state index in [1.54, 1.807) is 0 Å². The third kappa shape index (κ3) is 5.22. The van der Waals surface area contributed by atoms with Crippen LogP contribution in [0.2, 0.25) is 0 Å². The summed E-state index contributed by atoms with van der Waals surface area (Å²) in [7, 11) is 0. The summed E-state index contributed by atoms with van der Waals surface area (Å²) in [5.74, 6) is 0. The largest absolute Gasteiger partial charge is 0.396 e. The van der Waals surface area contributed by atoms with Crippen molar-refractivity contribution in [2.24, 2.45) is 0 Å². The summed E-state index contributed by atoms with van der Waals surface area (Å²) in [6, 6.07) is 1.16. The Labute approximate surface area is 112 Å². The van der Waals surface area contributed by atoms with E-state index in [1.165, 1.54) is 19.5 Å². The summed E-state index contributed by atoms with van der Waals surface area (Å²) >= 11 is 0. The fourth-order valence-electron chi connectivity index (χ4n) is 2.66. The van der Waals surface area contributed by atoms with Crippen LogP contribution < -0.4 is 5.32 Å². The molecular weight excluding hydrogens is 226 g/mol. The first-order valence-electron chi connectivity index (χ1n) is 7.51. The molecular formula is C14H31N3O. The second kappa shape index (κ2) is 8.86. The van der Waals surface area contributed by atoms with Crippen LogP contribution in [-0.4, -0.2) is 72.9 Å². The Balaban J connectivity index is 2.28. The summed E-state index contributed by atoms with van der Waals surface area (Å²) in [5.41, 5.74) is 0. The summed E-state index contributed by atoms with van der Waals surface area (Å²) in [6.45, 7) is 13.8. The molecule has 0 aromatic carbocycles. The highest BCUT2D eigenvalue weighted by molar-refractivity contribution is 4.79. The molecule has 0 bridgehead atoms. The average molecular weight is 257 g/mol. The van der Waals surface area contributed by atoms with Crippen molar-refractivity contribution in [2.45, 2.75) is 45.7 Å². The first kappa shape index (κ1) is 15.9. The third-order valence-corrected chi connectivity index (χ3v) is 4.07. The minimum atomic E-state index is 0.282. The van der Waals surface area contributed by atoms with Crippen LogP contribution in [0.1, 0.15) is 33.6 Å². The third-order valence-electron chi connectivity index (χ3n) is 4.07. The average Bonchev–Trinajstić information content (AvgIpc) is 2.39. The molecule has 0 aliphatic carbocycles. The quantitative estimate of drug-likeness (QED) is 0.673. The molecule has 0 aromatic heterocycles. The highest BCUT2D eigenvalue weighted by Crippen LogP contribution is 2.09. The van der Waals surface area contributed by atoms with E-state index >= 15 is 0 Å². The number of hydrogen-bond donors (Lipinski definition) is 2. The molecule has 1 aliphatic rings. The molecule has 1 heterocycles. The van der Waals surface area contributed by atoms with Crippen molar-refractivity contribution in [3.63, 3.8) is 0 Å². The first-order valence-corrected chi connectivity index (χ1v) is 7.51. The van der Waals surface area contributed by atoms with Gasteiger partial charge in [0.15, 0.2) is 0 Å². The van der Waals surface area contributed by atoms with Crippen LogP contribution in [0.3, 0.4) is 0 Å². The van der Waals surface area contributed by atoms with E-state index < -0.39 is 0 Å². The Morgan fingerprint density at radius 3 is 2.33 bits per heavy atom. The fraction of sp³-hybridized carbons (Fsp3) is 1.00. The van der Waals surface area contributed by atoms with Crippen LogP contribution in [0, 0.1) is 0 Å². The summed E-state index contributed by atoms with van der Waals surface area (Å²) in [4.78, 5) is 5.12. The lowest BCUT2D eigenvalue weighted by Gasteiger charge is -2.39. The first-order chi connectivity index (χ1) is 8.71. The molecule has 0 spiro atoms. The molecule has 1 rings (SSSR count). The Bertz CT molecular complexity index is 199. The summed E-state index contributed by atoms with van der Waals surface area (Å²) in [6.07, 6.45) is 2.10. The van der Waals surface area contributed by atoms with Gasteiger partial charge >= 0.3 is 0 Å². The molecule has 1 saturated heterocycles. The molecule has 108 valence electrons. The van der Waals surface area contributed by atoms with Gasteiger partial charge in [-0.25, -0.2) is 0 Å². The highest BCUT2D eigenvalue weighted by atomic mass is 16.3. The van der Waals surface area contributed by atoms with E-state index in [2.05, 4.69) is 35.9 Å². The SMILES string of the molecule is CCNC(CCO)CN1CCN(C(C)CC)CC1. The molecule has 0 aromatic rings. The van der Waals surface area contributed by atoms with Crippen LogP contribution >= 0.6 is 0 Å². The lowest BCUT2D eigenvalue weighted by Crippen LogP contribution is -2.52. The lowest BCUT2D eigenvalue weighted by molar-refractivity contribution is 0.0912. The van der Waals surface area contributed by atoms with Gasteiger partial charge in [-0.15, -0.1) is 0 Å². The van der Waals surface area contributed by atoms with Gasteiger partial charge < -0.3 is 10.4 Å². The maximum atomic E-state index is 9.07. The predicted molar refractivity (Wildman–Crippen MR) is 76.9 cm³/mol. The second-order valence-electron chi connectivity index (χ2n) is 5.36. The Kier molecular flexibility index (Phi) is 7.82. The van der Waals surface area contributed by atoms with Gasteiger partial charge in [0.05, 0.1) is 0 Å². The number of aliphatic hydroxyl groups excluding tert-OH is 1. The normalized spacial score (nSPS) is 22.0. The molecule has 2 atom stereocenters. The molecule has 4 nitrogen and oxygen atoms in total. The van der Waals surface area contributed by atoms with Gasteiger partial charge in [0.1, 0.15) is 0 Å². The molecule has 0 amide bonds. The number of nitrogens with zero attached hydrogens (tertiary/aromatic N) is 2. The molecule has 2 unspecified atom stereocenters. The predicted octanol–water partition coefficient (Wildman–Crippen LogP) is 0.763. The van der Waals surface area contributed by atoms with Crippen molar-refractivity contribution in [3.05, 3.63) is 0 Å². The lowest BCUT2D eigenvalue weighted by atomic mass is 10.1. The minimum absolute atomic E-state index is 0.282. The van der Waals surface area contributed by atoms with Crippen molar-refractivity contribution >= 4 is 0 Å². The van der Waals surface area contributed by atoms with E-state index in [1.807, 2.05) is 0 Å². The zero-order valence-corrected chi connectivity index (χ0v) is 12.4. The summed E-state index contributed by atoms with van der Waals surface area (Å²) < 4.78 is 0. The number of hydrogen-bond acceptors (Lipinski definition) is 4. The van der Waals surface area contributed by atoms with Crippen LogP contribution in [0.25, 0.3) is 0 Å². The topological polar surface area (TPSA) is 38.7 Å². The van der Waals surface area contributed by atoms with Gasteiger partial charge in [0, 0.05) is 51.4 Å². The molecule has 4 heteroatoms. The van der Waals surface area contributed by atoms with E-state index in [-0.39, 0.29) is 6.61 Å². The van der Waals surface area contributed by atoms with Crippen LogP contribution in [0.15, 0.2) is 0 Å². The van der Waals surface area contributed by atoms with Gasteiger partial charge in [-0.05, 0) is 26.3 Å². The number of piperazine rings is 1. The van der Waals surface area contributed by atoms with Crippen LogP contribution in [0.4, 0.5) is 0 Å². The zero-order chi connectivity index (χ0) is 13.4. The van der Waals surface area contributed by atoms with Crippen molar-refractivity contribution in [2.75, 3.05) is 45.9 Å². The molecule has 0 saturated carbocycles. The maximum absolute atomic E-state index is 9.07. The number of aliphatic hydroxyl groups is 1. The molecule has 2 N–H and O–H groups in total. The number of likely N-dealkylation sites (N-methyl/N-ethyl adjacent to an activating group) is 1. The van der Waals surface area contributed by atoms with E-state index in [9.17, 15) is 0 Å². The number of rotatable bonds is 8. The van der Waals surface area contributed by atoms with Crippen molar-refractivity contribution in [1.29, 1.82) is 0 Å². The second-order valence-corrected chi connectivity index (χ2v) is 5.36. The maximum Gasteiger partial charge on any atom is 0.0446 e. The van der Waals surface area contributed by atoms with Crippen molar-refractivity contribution in [3.8, 4) is 0 Å². The number of nitrogens with one attached hydrogen (secondary N) is 1. The van der Waals surface area contributed by atoms with Gasteiger partial charge in [-0.3, -0.25) is 9.80 Å². The monoisotopic (exact) mass is 257 g/mol. The molecule has 1 aliphatic heterocycles. The van der Waals surface area contributed by atoms with Gasteiger partial charge in [0.25, 0.3) is 0 Å². The van der Waals surface area contributed by atoms with E-state index in [0.717, 1.165) is 32.6 Å². The van der Waals surface area contributed by atoms with E-state index in [0.29, 0.717) is 12.1 Å². The zero-order valence-electron chi connectivity index (χ0n) is 12.4. The van der Waals surface area contributed by atoms with Gasteiger partial charge in [-0.2, -0.15) is 0 Å². The highest BCUT2D eigenvalue weighted by Gasteiger charge is 2.21. The standard InChI is InChI=1S/C14H31N3O/c1-4-13(3)17-9-7-16(8-10-17)12-14(6-11-18)15-5-2/h13-15,18H,4-12H2,1-3H3. The minimum Gasteiger partial charge on any atom is -0.396 e. The Morgan fingerprint density at radius 1 is 1.17 bits per heavy atom. The van der Waals surface area contributed by atoms with Crippen LogP contribution in [-0.2, 0) is 0 Å². The Hall–Kier alpha value is -0.160. The van der Waals surface area contributed by atoms with Gasteiger partial charge in [0.2, 0.25) is 0 Å².